The fourth-order valence-electron chi connectivity index (χ4n) is 1.39. The highest BCUT2D eigenvalue weighted by Crippen LogP contribution is 2.09. The molecule has 4 heteroatoms. The fourth-order valence-corrected chi connectivity index (χ4v) is 1.39. The minimum atomic E-state index is -0.734. The number of benzene rings is 2. The van der Waals surface area contributed by atoms with Crippen molar-refractivity contribution in [3.8, 4) is 11.5 Å². The lowest BCUT2D eigenvalue weighted by Gasteiger charge is -2.06. The third-order valence-corrected chi connectivity index (χ3v) is 2.10. The number of hydrogen-bond acceptors (Lipinski definition) is 4. The highest BCUT2D eigenvalue weighted by atomic mass is 16.6. The lowest BCUT2D eigenvalue weighted by atomic mass is 10.3. The summed E-state index contributed by atoms with van der Waals surface area (Å²) >= 11 is 0. The number of aliphatic hydroxyl groups excluding tert-OH is 2. The van der Waals surface area contributed by atoms with E-state index in [0.29, 0.717) is 11.5 Å². The van der Waals surface area contributed by atoms with Crippen molar-refractivity contribution in [2.24, 2.45) is 0 Å². The molecule has 0 saturated carbocycles. The van der Waals surface area contributed by atoms with Crippen LogP contribution in [0.15, 0.2) is 60.7 Å². The molecule has 0 aliphatic carbocycles. The van der Waals surface area contributed by atoms with Gasteiger partial charge in [-0.15, -0.1) is 0 Å². The van der Waals surface area contributed by atoms with Gasteiger partial charge in [0.05, 0.1) is 0 Å². The first kappa shape index (κ1) is 16.0. The predicted octanol–water partition coefficient (Wildman–Crippen LogP) is 2.81. The van der Waals surface area contributed by atoms with Crippen LogP contribution in [0.25, 0.3) is 0 Å². The van der Waals surface area contributed by atoms with E-state index in [1.54, 1.807) is 38.1 Å². The van der Waals surface area contributed by atoms with E-state index in [4.69, 9.17) is 19.7 Å². The van der Waals surface area contributed by atoms with Crippen molar-refractivity contribution >= 4 is 0 Å². The van der Waals surface area contributed by atoms with Crippen molar-refractivity contribution in [1.82, 2.24) is 0 Å². The summed E-state index contributed by atoms with van der Waals surface area (Å²) in [4.78, 5) is 0. The Labute approximate surface area is 119 Å². The van der Waals surface area contributed by atoms with E-state index in [1.165, 1.54) is 0 Å². The summed E-state index contributed by atoms with van der Waals surface area (Å²) in [6.07, 6.45) is -1.47. The molecule has 2 atom stereocenters. The van der Waals surface area contributed by atoms with Gasteiger partial charge in [-0.3, -0.25) is 0 Å². The molecule has 0 saturated heterocycles. The van der Waals surface area contributed by atoms with Crippen LogP contribution < -0.4 is 9.47 Å². The van der Waals surface area contributed by atoms with Crippen molar-refractivity contribution in [3.63, 3.8) is 0 Å². The Morgan fingerprint density at radius 2 is 0.950 bits per heavy atom. The maximum atomic E-state index is 8.78. The molecule has 2 N–H and O–H groups in total. The van der Waals surface area contributed by atoms with Gasteiger partial charge in [-0.25, -0.2) is 0 Å². The van der Waals surface area contributed by atoms with E-state index in [1.807, 2.05) is 36.4 Å². The third kappa shape index (κ3) is 7.41. The minimum absolute atomic E-state index is 0.692. The van der Waals surface area contributed by atoms with Gasteiger partial charge in [-0.05, 0) is 38.1 Å². The normalized spacial score (nSPS) is 12.6. The molecule has 0 radical (unpaired) electrons. The molecular formula is C16H20O4. The van der Waals surface area contributed by atoms with Gasteiger partial charge in [0.25, 0.3) is 0 Å². The molecule has 2 aromatic carbocycles. The molecule has 2 rings (SSSR count). The summed E-state index contributed by atoms with van der Waals surface area (Å²) in [5.74, 6) is 1.38. The summed E-state index contributed by atoms with van der Waals surface area (Å²) in [6, 6.07) is 18.4. The molecule has 0 amide bonds. The molecular weight excluding hydrogens is 256 g/mol. The summed E-state index contributed by atoms with van der Waals surface area (Å²) in [5.41, 5.74) is 0. The monoisotopic (exact) mass is 276 g/mol. The Bertz CT molecular complexity index is 409. The average Bonchev–Trinajstić information content (AvgIpc) is 2.40. The van der Waals surface area contributed by atoms with E-state index in [2.05, 4.69) is 0 Å². The fraction of sp³-hybridized carbons (Fsp3) is 0.250. The lowest BCUT2D eigenvalue weighted by Crippen LogP contribution is -2.09. The number of rotatable bonds is 4. The van der Waals surface area contributed by atoms with Crippen LogP contribution >= 0.6 is 0 Å². The molecule has 0 heterocycles. The van der Waals surface area contributed by atoms with E-state index >= 15 is 0 Å². The topological polar surface area (TPSA) is 58.9 Å². The van der Waals surface area contributed by atoms with Crippen LogP contribution in [0.1, 0.15) is 13.8 Å². The van der Waals surface area contributed by atoms with Crippen LogP contribution in [0, 0.1) is 0 Å². The standard InChI is InChI=1S/2C8H10O2/c2*1-7(9)10-8-5-3-2-4-6-8/h2*2-7,9H,1H3. The maximum absolute atomic E-state index is 8.78. The average molecular weight is 276 g/mol. The van der Waals surface area contributed by atoms with Gasteiger partial charge < -0.3 is 19.7 Å². The first-order chi connectivity index (χ1) is 9.58. The zero-order valence-corrected chi connectivity index (χ0v) is 11.6. The number of hydrogen-bond donors (Lipinski definition) is 2. The van der Waals surface area contributed by atoms with Gasteiger partial charge >= 0.3 is 0 Å². The molecule has 2 unspecified atom stereocenters. The van der Waals surface area contributed by atoms with Crippen molar-refractivity contribution in [3.05, 3.63) is 60.7 Å². The molecule has 20 heavy (non-hydrogen) atoms. The molecule has 0 spiro atoms. The molecule has 0 aliphatic heterocycles. The number of ether oxygens (including phenoxy) is 2. The van der Waals surface area contributed by atoms with Gasteiger partial charge in [0.15, 0.2) is 12.6 Å². The Kier molecular flexibility index (Phi) is 7.17. The molecule has 4 nitrogen and oxygen atoms in total. The van der Waals surface area contributed by atoms with E-state index in [-0.39, 0.29) is 0 Å². The van der Waals surface area contributed by atoms with Crippen LogP contribution in [0.5, 0.6) is 11.5 Å². The summed E-state index contributed by atoms with van der Waals surface area (Å²) in [5, 5.41) is 17.6. The molecule has 0 fully saturated rings. The van der Waals surface area contributed by atoms with Gasteiger partial charge in [0.2, 0.25) is 0 Å². The summed E-state index contributed by atoms with van der Waals surface area (Å²) in [7, 11) is 0. The Morgan fingerprint density at radius 3 is 1.20 bits per heavy atom. The molecule has 0 aliphatic rings. The molecule has 0 aromatic heterocycles. The van der Waals surface area contributed by atoms with Crippen LogP contribution in [0.4, 0.5) is 0 Å². The Balaban J connectivity index is 0.000000200. The number of para-hydroxylation sites is 2. The van der Waals surface area contributed by atoms with Gasteiger partial charge in [-0.2, -0.15) is 0 Å². The van der Waals surface area contributed by atoms with Crippen molar-refractivity contribution in [1.29, 1.82) is 0 Å². The van der Waals surface area contributed by atoms with Gasteiger partial charge in [0, 0.05) is 0 Å². The number of aliphatic hydroxyl groups is 2. The highest BCUT2D eigenvalue weighted by molar-refractivity contribution is 5.21. The Morgan fingerprint density at radius 1 is 0.650 bits per heavy atom. The van der Waals surface area contributed by atoms with Gasteiger partial charge in [-0.1, -0.05) is 36.4 Å². The Hall–Kier alpha value is -2.04. The van der Waals surface area contributed by atoms with Crippen molar-refractivity contribution in [2.75, 3.05) is 0 Å². The van der Waals surface area contributed by atoms with Crippen LogP contribution in [-0.4, -0.2) is 22.8 Å². The van der Waals surface area contributed by atoms with Crippen molar-refractivity contribution < 1.29 is 19.7 Å². The highest BCUT2D eigenvalue weighted by Gasteiger charge is 1.95. The molecule has 2 aromatic rings. The van der Waals surface area contributed by atoms with Crippen LogP contribution in [-0.2, 0) is 0 Å². The van der Waals surface area contributed by atoms with Gasteiger partial charge in [0.1, 0.15) is 11.5 Å². The second-order valence-electron chi connectivity index (χ2n) is 4.06. The predicted molar refractivity (Wildman–Crippen MR) is 77.5 cm³/mol. The van der Waals surface area contributed by atoms with E-state index < -0.39 is 12.6 Å². The molecule has 0 bridgehead atoms. The summed E-state index contributed by atoms with van der Waals surface area (Å²) < 4.78 is 9.94. The maximum Gasteiger partial charge on any atom is 0.194 e. The van der Waals surface area contributed by atoms with E-state index in [9.17, 15) is 0 Å². The van der Waals surface area contributed by atoms with E-state index in [0.717, 1.165) is 0 Å². The quantitative estimate of drug-likeness (QED) is 0.843. The summed E-state index contributed by atoms with van der Waals surface area (Å²) in [6.45, 7) is 3.15. The third-order valence-electron chi connectivity index (χ3n) is 2.10. The second-order valence-corrected chi connectivity index (χ2v) is 4.06. The van der Waals surface area contributed by atoms with Crippen molar-refractivity contribution in [2.45, 2.75) is 26.4 Å². The lowest BCUT2D eigenvalue weighted by molar-refractivity contribution is -0.000878. The second kappa shape index (κ2) is 8.96. The first-order valence-corrected chi connectivity index (χ1v) is 6.37. The minimum Gasteiger partial charge on any atom is -0.465 e. The SMILES string of the molecule is CC(O)Oc1ccccc1.CC(O)Oc1ccccc1. The first-order valence-electron chi connectivity index (χ1n) is 6.37. The smallest absolute Gasteiger partial charge is 0.194 e. The van der Waals surface area contributed by atoms with Crippen LogP contribution in [0.2, 0.25) is 0 Å². The molecule has 108 valence electrons. The zero-order valence-electron chi connectivity index (χ0n) is 11.6. The van der Waals surface area contributed by atoms with Crippen LogP contribution in [0.3, 0.4) is 0 Å². The zero-order chi connectivity index (χ0) is 14.8. The largest absolute Gasteiger partial charge is 0.465 e.